The maximum Gasteiger partial charge on any atom is -0.0320 e. The molecule has 0 saturated heterocycles. The third kappa shape index (κ3) is 9.00. The van der Waals surface area contributed by atoms with Crippen LogP contribution in [0.4, 0.5) is 0 Å². The monoisotopic (exact) mass is 224 g/mol. The lowest BCUT2D eigenvalue weighted by molar-refractivity contribution is 0.320. The van der Waals surface area contributed by atoms with Crippen molar-refractivity contribution in [1.29, 1.82) is 0 Å². The number of allylic oxidation sites excluding steroid dienone is 2. The molecule has 0 bridgehead atoms. The Labute approximate surface area is 104 Å². The molecule has 0 radical (unpaired) electrons. The van der Waals surface area contributed by atoms with E-state index in [0.29, 0.717) is 0 Å². The number of hydrogen-bond donors (Lipinski definition) is 0. The van der Waals surface area contributed by atoms with Gasteiger partial charge in [0.15, 0.2) is 0 Å². The molecule has 0 aliphatic heterocycles. The molecule has 1 atom stereocenters. The van der Waals surface area contributed by atoms with Gasteiger partial charge in [0.1, 0.15) is 0 Å². The van der Waals surface area contributed by atoms with Crippen molar-refractivity contribution < 1.29 is 0 Å². The van der Waals surface area contributed by atoms with Crippen LogP contribution >= 0.6 is 0 Å². The van der Waals surface area contributed by atoms with Crippen LogP contribution in [0.1, 0.15) is 73.1 Å². The fourth-order valence-electron chi connectivity index (χ4n) is 2.15. The molecule has 0 aromatic carbocycles. The summed E-state index contributed by atoms with van der Waals surface area (Å²) in [5.74, 6) is 2.53. The summed E-state index contributed by atoms with van der Waals surface area (Å²) in [7, 11) is 0. The average molecular weight is 224 g/mol. The van der Waals surface area contributed by atoms with Gasteiger partial charge in [-0.1, -0.05) is 59.6 Å². The Balaban J connectivity index is 3.74. The molecular weight excluding hydrogens is 192 g/mol. The largest absolute Gasteiger partial charge is 0.0885 e. The van der Waals surface area contributed by atoms with Gasteiger partial charge in [-0.15, -0.1) is 0 Å². The van der Waals surface area contributed by atoms with E-state index in [0.717, 1.165) is 17.8 Å². The van der Waals surface area contributed by atoms with E-state index in [1.54, 1.807) is 0 Å². The highest BCUT2D eigenvalue weighted by molar-refractivity contribution is 4.85. The molecule has 0 N–H and O–H groups in total. The molecule has 0 heteroatoms. The van der Waals surface area contributed by atoms with E-state index in [9.17, 15) is 0 Å². The Morgan fingerprint density at radius 2 is 1.62 bits per heavy atom. The molecule has 0 heterocycles. The summed E-state index contributed by atoms with van der Waals surface area (Å²) in [6.45, 7) is 11.7. The van der Waals surface area contributed by atoms with Crippen LogP contribution < -0.4 is 0 Å². The fraction of sp³-hybridized carbons (Fsp3) is 0.875. The lowest BCUT2D eigenvalue weighted by Gasteiger charge is -2.21. The van der Waals surface area contributed by atoms with Crippen LogP contribution in [0.15, 0.2) is 12.2 Å². The summed E-state index contributed by atoms with van der Waals surface area (Å²) >= 11 is 0. The van der Waals surface area contributed by atoms with Crippen LogP contribution in [0.5, 0.6) is 0 Å². The van der Waals surface area contributed by atoms with Gasteiger partial charge in [0.05, 0.1) is 0 Å². The highest BCUT2D eigenvalue weighted by Gasteiger charge is 2.12. The van der Waals surface area contributed by atoms with E-state index in [1.165, 1.54) is 38.5 Å². The normalized spacial score (nSPS) is 14.2. The van der Waals surface area contributed by atoms with E-state index in [4.69, 9.17) is 0 Å². The minimum atomic E-state index is 0.822. The Morgan fingerprint density at radius 3 is 2.12 bits per heavy atom. The van der Waals surface area contributed by atoms with Crippen LogP contribution in [-0.4, -0.2) is 0 Å². The van der Waals surface area contributed by atoms with Gasteiger partial charge in [-0.25, -0.2) is 0 Å². The second-order valence-corrected chi connectivity index (χ2v) is 5.84. The highest BCUT2D eigenvalue weighted by Crippen LogP contribution is 2.24. The molecule has 0 amide bonds. The first kappa shape index (κ1) is 15.7. The van der Waals surface area contributed by atoms with Crippen molar-refractivity contribution in [2.75, 3.05) is 0 Å². The van der Waals surface area contributed by atoms with E-state index >= 15 is 0 Å². The Hall–Kier alpha value is -0.260. The first-order valence-electron chi connectivity index (χ1n) is 7.22. The zero-order valence-corrected chi connectivity index (χ0v) is 12.1. The third-order valence-electron chi connectivity index (χ3n) is 3.30. The summed E-state index contributed by atoms with van der Waals surface area (Å²) in [4.78, 5) is 0. The molecule has 96 valence electrons. The lowest BCUT2D eigenvalue weighted by Crippen LogP contribution is -2.10. The SMILES string of the molecule is CCCCC/C=C/CC(CC(C)C)C(C)C. The smallest absolute Gasteiger partial charge is 0.0320 e. The van der Waals surface area contributed by atoms with Gasteiger partial charge >= 0.3 is 0 Å². The molecule has 16 heavy (non-hydrogen) atoms. The lowest BCUT2D eigenvalue weighted by atomic mass is 9.85. The van der Waals surface area contributed by atoms with E-state index < -0.39 is 0 Å². The van der Waals surface area contributed by atoms with E-state index in [1.807, 2.05) is 0 Å². The third-order valence-corrected chi connectivity index (χ3v) is 3.30. The molecule has 1 unspecified atom stereocenters. The van der Waals surface area contributed by atoms with Crippen molar-refractivity contribution in [3.05, 3.63) is 12.2 Å². The second-order valence-electron chi connectivity index (χ2n) is 5.84. The van der Waals surface area contributed by atoms with Gasteiger partial charge in [-0.3, -0.25) is 0 Å². The van der Waals surface area contributed by atoms with Gasteiger partial charge in [0, 0.05) is 0 Å². The molecule has 0 aliphatic carbocycles. The molecular formula is C16H32. The first-order chi connectivity index (χ1) is 7.57. The van der Waals surface area contributed by atoms with Crippen molar-refractivity contribution >= 4 is 0 Å². The molecule has 0 spiro atoms. The highest BCUT2D eigenvalue weighted by atomic mass is 14.2. The number of hydrogen-bond acceptors (Lipinski definition) is 0. The summed E-state index contributed by atoms with van der Waals surface area (Å²) in [6, 6.07) is 0. The molecule has 0 aliphatic rings. The van der Waals surface area contributed by atoms with Crippen LogP contribution in [0.2, 0.25) is 0 Å². The van der Waals surface area contributed by atoms with Gasteiger partial charge in [0.25, 0.3) is 0 Å². The minimum Gasteiger partial charge on any atom is -0.0885 e. The van der Waals surface area contributed by atoms with Crippen molar-refractivity contribution in [2.45, 2.75) is 73.1 Å². The maximum absolute atomic E-state index is 2.42. The summed E-state index contributed by atoms with van der Waals surface area (Å²) < 4.78 is 0. The summed E-state index contributed by atoms with van der Waals surface area (Å²) in [6.07, 6.45) is 12.8. The topological polar surface area (TPSA) is 0 Å². The van der Waals surface area contributed by atoms with E-state index in [2.05, 4.69) is 46.8 Å². The Kier molecular flexibility index (Phi) is 9.77. The average Bonchev–Trinajstić information content (AvgIpc) is 2.20. The maximum atomic E-state index is 2.42. The van der Waals surface area contributed by atoms with E-state index in [-0.39, 0.29) is 0 Å². The van der Waals surface area contributed by atoms with Crippen LogP contribution in [-0.2, 0) is 0 Å². The van der Waals surface area contributed by atoms with Crippen LogP contribution in [0.25, 0.3) is 0 Å². The van der Waals surface area contributed by atoms with Crippen LogP contribution in [0, 0.1) is 17.8 Å². The molecule has 0 saturated carbocycles. The Morgan fingerprint density at radius 1 is 0.938 bits per heavy atom. The van der Waals surface area contributed by atoms with Crippen molar-refractivity contribution in [3.63, 3.8) is 0 Å². The standard InChI is InChI=1S/C16H32/c1-6-7-8-9-10-11-12-16(15(4)5)13-14(2)3/h10-11,14-16H,6-9,12-13H2,1-5H3/b11-10+. The first-order valence-corrected chi connectivity index (χ1v) is 7.22. The molecule has 0 aromatic rings. The zero-order valence-electron chi connectivity index (χ0n) is 12.1. The summed E-state index contributed by atoms with van der Waals surface area (Å²) in [5.41, 5.74) is 0. The quantitative estimate of drug-likeness (QED) is 0.341. The zero-order chi connectivity index (χ0) is 12.4. The molecule has 0 rings (SSSR count). The minimum absolute atomic E-state index is 0.822. The van der Waals surface area contributed by atoms with Crippen molar-refractivity contribution in [1.82, 2.24) is 0 Å². The predicted octanol–water partition coefficient (Wildman–Crippen LogP) is 5.83. The summed E-state index contributed by atoms with van der Waals surface area (Å²) in [5, 5.41) is 0. The number of unbranched alkanes of at least 4 members (excludes halogenated alkanes) is 3. The van der Waals surface area contributed by atoms with Crippen LogP contribution in [0.3, 0.4) is 0 Å². The second kappa shape index (κ2) is 9.93. The fourth-order valence-corrected chi connectivity index (χ4v) is 2.15. The molecule has 0 fully saturated rings. The molecule has 0 aromatic heterocycles. The van der Waals surface area contributed by atoms with Gasteiger partial charge in [-0.2, -0.15) is 0 Å². The van der Waals surface area contributed by atoms with Gasteiger partial charge < -0.3 is 0 Å². The van der Waals surface area contributed by atoms with Gasteiger partial charge in [-0.05, 0) is 43.4 Å². The predicted molar refractivity (Wildman–Crippen MR) is 75.7 cm³/mol. The van der Waals surface area contributed by atoms with Gasteiger partial charge in [0.2, 0.25) is 0 Å². The number of rotatable bonds is 9. The van der Waals surface area contributed by atoms with Crippen molar-refractivity contribution in [2.24, 2.45) is 17.8 Å². The Bertz CT molecular complexity index is 165. The molecule has 0 nitrogen and oxygen atoms in total. The van der Waals surface area contributed by atoms with Crippen molar-refractivity contribution in [3.8, 4) is 0 Å².